The van der Waals surface area contributed by atoms with Gasteiger partial charge >= 0.3 is 5.97 Å². The van der Waals surface area contributed by atoms with E-state index < -0.39 is 5.97 Å². The van der Waals surface area contributed by atoms with Crippen molar-refractivity contribution in [2.24, 2.45) is 0 Å². The van der Waals surface area contributed by atoms with E-state index in [9.17, 15) is 9.18 Å². The average molecular weight is 361 g/mol. The molecule has 0 atom stereocenters. The number of para-hydroxylation sites is 1. The summed E-state index contributed by atoms with van der Waals surface area (Å²) in [5.41, 5.74) is 0.850. The molecule has 0 amide bonds. The van der Waals surface area contributed by atoms with Gasteiger partial charge in [0.05, 0.1) is 17.5 Å². The molecule has 7 heteroatoms. The van der Waals surface area contributed by atoms with E-state index >= 15 is 0 Å². The van der Waals surface area contributed by atoms with Crippen molar-refractivity contribution in [2.45, 2.75) is 0 Å². The summed E-state index contributed by atoms with van der Waals surface area (Å²) in [4.78, 5) is 16.2. The molecule has 0 aliphatic heterocycles. The second-order valence-corrected chi connectivity index (χ2v) is 5.45. The van der Waals surface area contributed by atoms with Gasteiger partial charge in [0.2, 0.25) is 0 Å². The molecule has 0 aliphatic carbocycles. The van der Waals surface area contributed by atoms with Crippen LogP contribution >= 0.6 is 11.6 Å². The Morgan fingerprint density at radius 2 is 1.88 bits per heavy atom. The normalized spacial score (nSPS) is 10.5. The van der Waals surface area contributed by atoms with Crippen molar-refractivity contribution in [2.75, 3.05) is 13.2 Å². The van der Waals surface area contributed by atoms with Crippen LogP contribution in [0.25, 0.3) is 5.69 Å². The van der Waals surface area contributed by atoms with Crippen molar-refractivity contribution in [3.63, 3.8) is 0 Å². The van der Waals surface area contributed by atoms with Gasteiger partial charge in [-0.1, -0.05) is 23.7 Å². The zero-order chi connectivity index (χ0) is 17.6. The maximum atomic E-state index is 13.0. The SMILES string of the molecule is O=C(OCCOc1ccccc1Cl)c1cncn1-c1ccc(F)cc1. The lowest BCUT2D eigenvalue weighted by molar-refractivity contribution is 0.0441. The molecule has 0 unspecified atom stereocenters. The van der Waals surface area contributed by atoms with E-state index in [0.29, 0.717) is 16.5 Å². The first kappa shape index (κ1) is 17.0. The van der Waals surface area contributed by atoms with E-state index in [1.54, 1.807) is 36.4 Å². The first-order valence-electron chi connectivity index (χ1n) is 7.48. The van der Waals surface area contributed by atoms with Gasteiger partial charge in [-0.3, -0.25) is 4.57 Å². The Balaban J connectivity index is 1.58. The maximum Gasteiger partial charge on any atom is 0.357 e. The molecular formula is C18H14ClFN2O3. The molecule has 0 N–H and O–H groups in total. The smallest absolute Gasteiger partial charge is 0.357 e. The zero-order valence-electron chi connectivity index (χ0n) is 13.1. The van der Waals surface area contributed by atoms with Crippen molar-refractivity contribution >= 4 is 17.6 Å². The Hall–Kier alpha value is -2.86. The third-order valence-electron chi connectivity index (χ3n) is 3.36. The predicted octanol–water partition coefficient (Wildman–Crippen LogP) is 3.90. The fourth-order valence-electron chi connectivity index (χ4n) is 2.18. The average Bonchev–Trinajstić information content (AvgIpc) is 3.10. The number of imidazole rings is 1. The zero-order valence-corrected chi connectivity index (χ0v) is 13.8. The Morgan fingerprint density at radius 1 is 1.12 bits per heavy atom. The molecule has 128 valence electrons. The lowest BCUT2D eigenvalue weighted by Crippen LogP contribution is -2.15. The van der Waals surface area contributed by atoms with Crippen LogP contribution in [-0.2, 0) is 4.74 Å². The fraction of sp³-hybridized carbons (Fsp3) is 0.111. The van der Waals surface area contributed by atoms with Crippen LogP contribution in [0.3, 0.4) is 0 Å². The van der Waals surface area contributed by atoms with E-state index in [1.165, 1.54) is 29.2 Å². The number of esters is 1. The first-order chi connectivity index (χ1) is 12.1. The highest BCUT2D eigenvalue weighted by Gasteiger charge is 2.14. The molecule has 0 bridgehead atoms. The Labute approximate surface area is 148 Å². The summed E-state index contributed by atoms with van der Waals surface area (Å²) < 4.78 is 25.2. The summed E-state index contributed by atoms with van der Waals surface area (Å²) in [7, 11) is 0. The summed E-state index contributed by atoms with van der Waals surface area (Å²) in [5, 5.41) is 0.489. The number of carbonyl (C=O) groups is 1. The van der Waals surface area contributed by atoms with Crippen molar-refractivity contribution in [3.05, 3.63) is 77.6 Å². The quantitative estimate of drug-likeness (QED) is 0.494. The number of halogens is 2. The van der Waals surface area contributed by atoms with Crippen LogP contribution in [0, 0.1) is 5.82 Å². The molecule has 1 aromatic heterocycles. The van der Waals surface area contributed by atoms with E-state index in [4.69, 9.17) is 21.1 Å². The molecule has 0 aliphatic rings. The van der Waals surface area contributed by atoms with E-state index in [2.05, 4.69) is 4.98 Å². The highest BCUT2D eigenvalue weighted by atomic mass is 35.5. The number of rotatable bonds is 6. The van der Waals surface area contributed by atoms with Crippen LogP contribution in [0.2, 0.25) is 5.02 Å². The third-order valence-corrected chi connectivity index (χ3v) is 3.68. The summed E-state index contributed by atoms with van der Waals surface area (Å²) in [6, 6.07) is 12.8. The molecule has 0 saturated carbocycles. The first-order valence-corrected chi connectivity index (χ1v) is 7.85. The van der Waals surface area contributed by atoms with Crippen molar-refractivity contribution in [3.8, 4) is 11.4 Å². The number of carbonyl (C=O) groups excluding carboxylic acids is 1. The second kappa shape index (κ2) is 7.81. The molecular weight excluding hydrogens is 347 g/mol. The molecule has 1 heterocycles. The van der Waals surface area contributed by atoms with Gasteiger partial charge in [-0.15, -0.1) is 0 Å². The number of hydrogen-bond donors (Lipinski definition) is 0. The van der Waals surface area contributed by atoms with Gasteiger partial charge in [-0.05, 0) is 36.4 Å². The molecule has 3 rings (SSSR count). The third kappa shape index (κ3) is 4.16. The number of nitrogens with zero attached hydrogens (tertiary/aromatic N) is 2. The summed E-state index contributed by atoms with van der Waals surface area (Å²) >= 11 is 5.98. The van der Waals surface area contributed by atoms with Crippen molar-refractivity contribution < 1.29 is 18.7 Å². The minimum atomic E-state index is -0.551. The van der Waals surface area contributed by atoms with Crippen LogP contribution in [0.15, 0.2) is 61.1 Å². The van der Waals surface area contributed by atoms with E-state index in [0.717, 1.165) is 0 Å². The van der Waals surface area contributed by atoms with Crippen LogP contribution in [0.4, 0.5) is 4.39 Å². The van der Waals surface area contributed by atoms with E-state index in [-0.39, 0.29) is 24.7 Å². The Morgan fingerprint density at radius 3 is 2.64 bits per heavy atom. The maximum absolute atomic E-state index is 13.0. The molecule has 2 aromatic carbocycles. The lowest BCUT2D eigenvalue weighted by atomic mass is 10.3. The van der Waals surface area contributed by atoms with Gasteiger partial charge in [-0.25, -0.2) is 14.2 Å². The van der Waals surface area contributed by atoms with Gasteiger partial charge in [0.15, 0.2) is 5.69 Å². The molecule has 0 saturated heterocycles. The van der Waals surface area contributed by atoms with Crippen molar-refractivity contribution in [1.29, 1.82) is 0 Å². The molecule has 0 radical (unpaired) electrons. The highest BCUT2D eigenvalue weighted by Crippen LogP contribution is 2.22. The van der Waals surface area contributed by atoms with Crippen molar-refractivity contribution in [1.82, 2.24) is 9.55 Å². The minimum Gasteiger partial charge on any atom is -0.488 e. The summed E-state index contributed by atoms with van der Waals surface area (Å²) in [5.74, 6) is -0.383. The number of aromatic nitrogens is 2. The second-order valence-electron chi connectivity index (χ2n) is 5.04. The van der Waals surface area contributed by atoms with Gasteiger partial charge in [0.25, 0.3) is 0 Å². The monoisotopic (exact) mass is 360 g/mol. The van der Waals surface area contributed by atoms with Crippen LogP contribution in [-0.4, -0.2) is 28.7 Å². The largest absolute Gasteiger partial charge is 0.488 e. The number of hydrogen-bond acceptors (Lipinski definition) is 4. The summed E-state index contributed by atoms with van der Waals surface area (Å²) in [6.45, 7) is 0.221. The molecule has 0 spiro atoms. The van der Waals surface area contributed by atoms with Gasteiger partial charge < -0.3 is 9.47 Å². The van der Waals surface area contributed by atoms with Gasteiger partial charge in [0.1, 0.15) is 24.8 Å². The van der Waals surface area contributed by atoms with Gasteiger partial charge in [-0.2, -0.15) is 0 Å². The minimum absolute atomic E-state index is 0.0542. The topological polar surface area (TPSA) is 53.4 Å². The highest BCUT2D eigenvalue weighted by molar-refractivity contribution is 6.32. The van der Waals surface area contributed by atoms with E-state index in [1.807, 2.05) is 0 Å². The fourth-order valence-corrected chi connectivity index (χ4v) is 2.37. The van der Waals surface area contributed by atoms with Crippen LogP contribution in [0.5, 0.6) is 5.75 Å². The number of benzene rings is 2. The Bertz CT molecular complexity index is 865. The molecule has 25 heavy (non-hydrogen) atoms. The van der Waals surface area contributed by atoms with Crippen LogP contribution < -0.4 is 4.74 Å². The number of ether oxygens (including phenoxy) is 2. The Kier molecular flexibility index (Phi) is 5.30. The molecule has 0 fully saturated rings. The summed E-state index contributed by atoms with van der Waals surface area (Å²) in [6.07, 6.45) is 2.85. The van der Waals surface area contributed by atoms with Gasteiger partial charge in [0, 0.05) is 5.69 Å². The predicted molar refractivity (Wildman–Crippen MR) is 90.8 cm³/mol. The molecule has 3 aromatic rings. The lowest BCUT2D eigenvalue weighted by Gasteiger charge is -2.10. The standard InChI is InChI=1S/C18H14ClFN2O3/c19-15-3-1-2-4-17(15)24-9-10-25-18(23)16-11-21-12-22(16)14-7-5-13(20)6-8-14/h1-8,11-12H,9-10H2. The van der Waals surface area contributed by atoms with Crippen LogP contribution in [0.1, 0.15) is 10.5 Å². The molecule has 5 nitrogen and oxygen atoms in total.